The molecule has 1 amide bonds. The number of benzene rings is 2. The average molecular weight is 413 g/mol. The third-order valence-corrected chi connectivity index (χ3v) is 4.68. The van der Waals surface area contributed by atoms with Gasteiger partial charge in [0.25, 0.3) is 0 Å². The first-order valence-corrected chi connectivity index (χ1v) is 9.83. The first-order chi connectivity index (χ1) is 13.1. The summed E-state index contributed by atoms with van der Waals surface area (Å²) in [7, 11) is -2.02. The third-order valence-electron chi connectivity index (χ3n) is 3.77. The number of hydrogen-bond acceptors (Lipinski definition) is 5. The number of hydrogen-bond donors (Lipinski definition) is 2. The Bertz CT molecular complexity index is 905. The van der Waals surface area contributed by atoms with Crippen molar-refractivity contribution in [3.63, 3.8) is 0 Å². The van der Waals surface area contributed by atoms with E-state index in [9.17, 15) is 22.0 Å². The quantitative estimate of drug-likeness (QED) is 0.657. The van der Waals surface area contributed by atoms with Gasteiger partial charge in [0, 0.05) is 25.2 Å². The monoisotopic (exact) mass is 413 g/mol. The molecule has 2 aromatic carbocycles. The molecule has 3 N–H and O–H groups in total. The molecule has 0 aliphatic heterocycles. The fourth-order valence-corrected chi connectivity index (χ4v) is 2.99. The molecular weight excluding hydrogens is 392 g/mol. The van der Waals surface area contributed by atoms with Crippen LogP contribution in [-0.4, -0.2) is 39.4 Å². The van der Waals surface area contributed by atoms with Crippen molar-refractivity contribution in [1.82, 2.24) is 4.90 Å². The number of rotatable bonds is 9. The van der Waals surface area contributed by atoms with Crippen molar-refractivity contribution in [3.05, 3.63) is 54.1 Å². The average Bonchev–Trinajstić information content (AvgIpc) is 2.61. The van der Waals surface area contributed by atoms with Crippen LogP contribution >= 0.6 is 0 Å². The summed E-state index contributed by atoms with van der Waals surface area (Å²) in [6.07, 6.45) is 0.183. The highest BCUT2D eigenvalue weighted by atomic mass is 32.2. The minimum Gasteiger partial charge on any atom is -0.435 e. The Hall–Kier alpha value is -2.56. The van der Waals surface area contributed by atoms with Crippen molar-refractivity contribution in [2.75, 3.05) is 18.9 Å². The highest BCUT2D eigenvalue weighted by Crippen LogP contribution is 2.16. The molecule has 0 atom stereocenters. The van der Waals surface area contributed by atoms with Crippen LogP contribution < -0.4 is 15.2 Å². The van der Waals surface area contributed by atoms with E-state index in [2.05, 4.69) is 10.1 Å². The fraction of sp³-hybridized carbons (Fsp3) is 0.278. The van der Waals surface area contributed by atoms with Crippen molar-refractivity contribution in [3.8, 4) is 5.75 Å². The van der Waals surface area contributed by atoms with Crippen molar-refractivity contribution in [1.29, 1.82) is 0 Å². The van der Waals surface area contributed by atoms with Gasteiger partial charge in [-0.1, -0.05) is 18.2 Å². The molecule has 7 nitrogen and oxygen atoms in total. The van der Waals surface area contributed by atoms with E-state index in [0.717, 1.165) is 5.56 Å². The van der Waals surface area contributed by atoms with Crippen molar-refractivity contribution >= 4 is 21.6 Å². The maximum Gasteiger partial charge on any atom is 0.387 e. The zero-order valence-corrected chi connectivity index (χ0v) is 16.0. The summed E-state index contributed by atoms with van der Waals surface area (Å²) in [6, 6.07) is 12.0. The molecule has 152 valence electrons. The van der Waals surface area contributed by atoms with Crippen LogP contribution in [0.1, 0.15) is 12.0 Å². The normalized spacial score (nSPS) is 11.6. The van der Waals surface area contributed by atoms with Crippen LogP contribution in [0.5, 0.6) is 5.75 Å². The van der Waals surface area contributed by atoms with Crippen LogP contribution in [0.3, 0.4) is 0 Å². The van der Waals surface area contributed by atoms with E-state index in [1.54, 1.807) is 18.2 Å². The molecule has 0 heterocycles. The molecule has 0 saturated carbocycles. The number of nitrogens with two attached hydrogens (primary N) is 1. The minimum absolute atomic E-state index is 0.0818. The number of sulfonamides is 1. The number of anilines is 1. The molecule has 0 saturated heterocycles. The highest BCUT2D eigenvalue weighted by Gasteiger charge is 2.11. The molecule has 0 aliphatic rings. The van der Waals surface area contributed by atoms with E-state index in [4.69, 9.17) is 5.14 Å². The predicted molar refractivity (Wildman–Crippen MR) is 100 cm³/mol. The Kier molecular flexibility index (Phi) is 7.44. The number of halogens is 2. The second kappa shape index (κ2) is 9.58. The number of primary sulfonamides is 1. The molecule has 2 rings (SSSR count). The summed E-state index contributed by atoms with van der Waals surface area (Å²) in [5, 5.41) is 7.70. The molecule has 2 aromatic rings. The number of alkyl halides is 2. The molecule has 0 unspecified atom stereocenters. The lowest BCUT2D eigenvalue weighted by atomic mass is 10.2. The summed E-state index contributed by atoms with van der Waals surface area (Å²) in [6.45, 7) is -1.91. The minimum atomic E-state index is -3.84. The molecule has 0 aromatic heterocycles. The van der Waals surface area contributed by atoms with E-state index in [1.165, 1.54) is 30.3 Å². The number of nitrogens with zero attached hydrogens (tertiary/aromatic N) is 1. The van der Waals surface area contributed by atoms with Gasteiger partial charge in [0.2, 0.25) is 15.9 Å². The maximum absolute atomic E-state index is 12.1. The molecule has 0 spiro atoms. The summed E-state index contributed by atoms with van der Waals surface area (Å²) in [4.78, 5) is 13.9. The fourth-order valence-electron chi connectivity index (χ4n) is 2.43. The predicted octanol–water partition coefficient (Wildman–Crippen LogP) is 2.40. The highest BCUT2D eigenvalue weighted by molar-refractivity contribution is 7.89. The maximum atomic E-state index is 12.1. The number of ether oxygens (including phenoxy) is 1. The van der Waals surface area contributed by atoms with Gasteiger partial charge in [-0.2, -0.15) is 8.78 Å². The van der Waals surface area contributed by atoms with Gasteiger partial charge in [0.15, 0.2) is 0 Å². The van der Waals surface area contributed by atoms with Gasteiger partial charge in [-0.15, -0.1) is 0 Å². The van der Waals surface area contributed by atoms with Crippen LogP contribution in [0.4, 0.5) is 14.5 Å². The van der Waals surface area contributed by atoms with Gasteiger partial charge in [0.1, 0.15) is 5.75 Å². The third kappa shape index (κ3) is 7.22. The van der Waals surface area contributed by atoms with Gasteiger partial charge >= 0.3 is 6.61 Å². The number of nitrogens with one attached hydrogen (secondary N) is 1. The Labute approximate surface area is 162 Å². The van der Waals surface area contributed by atoms with E-state index >= 15 is 0 Å². The summed E-state index contributed by atoms with van der Waals surface area (Å²) >= 11 is 0. The van der Waals surface area contributed by atoms with E-state index in [1.807, 2.05) is 11.9 Å². The summed E-state index contributed by atoms with van der Waals surface area (Å²) in [5.41, 5.74) is 1.22. The Morgan fingerprint density at radius 2 is 1.89 bits per heavy atom. The van der Waals surface area contributed by atoms with Gasteiger partial charge in [-0.25, -0.2) is 13.6 Å². The molecule has 10 heteroatoms. The lowest BCUT2D eigenvalue weighted by Crippen LogP contribution is -2.24. The summed E-state index contributed by atoms with van der Waals surface area (Å²) in [5.74, 6) is -0.193. The SMILES string of the molecule is CN(CCC(=O)Nc1cccc(S(N)(=O)=O)c1)Cc1ccc(OC(F)F)cc1. The molecule has 0 radical (unpaired) electrons. The lowest BCUT2D eigenvalue weighted by Gasteiger charge is -2.17. The van der Waals surface area contributed by atoms with E-state index in [0.29, 0.717) is 18.8 Å². The Morgan fingerprint density at radius 1 is 1.21 bits per heavy atom. The standard InChI is InChI=1S/C18H21F2N3O4S/c1-23(12-13-5-7-15(8-6-13)27-18(19)20)10-9-17(24)22-14-3-2-4-16(11-14)28(21,25)26/h2-8,11,18H,9-10,12H2,1H3,(H,22,24)(H2,21,25,26). The lowest BCUT2D eigenvalue weighted by molar-refractivity contribution is -0.116. The van der Waals surface area contributed by atoms with Crippen LogP contribution in [0, 0.1) is 0 Å². The Morgan fingerprint density at radius 3 is 2.50 bits per heavy atom. The van der Waals surface area contributed by atoms with Gasteiger partial charge in [-0.05, 0) is 42.9 Å². The topological polar surface area (TPSA) is 102 Å². The molecular formula is C18H21F2N3O4S. The smallest absolute Gasteiger partial charge is 0.387 e. The van der Waals surface area contributed by atoms with Gasteiger partial charge in [-0.3, -0.25) is 4.79 Å². The van der Waals surface area contributed by atoms with Gasteiger partial charge in [0.05, 0.1) is 4.90 Å². The van der Waals surface area contributed by atoms with Crippen LogP contribution in [0.15, 0.2) is 53.4 Å². The van der Waals surface area contributed by atoms with Crippen molar-refractivity contribution < 1.29 is 26.7 Å². The zero-order valence-electron chi connectivity index (χ0n) is 15.1. The van der Waals surface area contributed by atoms with E-state index < -0.39 is 16.6 Å². The molecule has 0 aliphatic carbocycles. The first-order valence-electron chi connectivity index (χ1n) is 8.28. The summed E-state index contributed by atoms with van der Waals surface area (Å²) < 4.78 is 51.3. The molecule has 28 heavy (non-hydrogen) atoms. The molecule has 0 fully saturated rings. The first kappa shape index (κ1) is 21.7. The number of amides is 1. The van der Waals surface area contributed by atoms with Crippen molar-refractivity contribution in [2.24, 2.45) is 5.14 Å². The van der Waals surface area contributed by atoms with Gasteiger partial charge < -0.3 is 15.0 Å². The largest absolute Gasteiger partial charge is 0.435 e. The number of carbonyl (C=O) groups is 1. The van der Waals surface area contributed by atoms with Crippen LogP contribution in [0.2, 0.25) is 0 Å². The number of carbonyl (C=O) groups excluding carboxylic acids is 1. The second-order valence-corrected chi connectivity index (χ2v) is 7.69. The van der Waals surface area contributed by atoms with E-state index in [-0.39, 0.29) is 23.0 Å². The zero-order chi connectivity index (χ0) is 20.7. The Balaban J connectivity index is 1.82. The van der Waals surface area contributed by atoms with Crippen LogP contribution in [0.25, 0.3) is 0 Å². The van der Waals surface area contributed by atoms with Crippen molar-refractivity contribution in [2.45, 2.75) is 24.5 Å². The van der Waals surface area contributed by atoms with Crippen LogP contribution in [-0.2, 0) is 21.4 Å². The molecule has 0 bridgehead atoms. The second-order valence-electron chi connectivity index (χ2n) is 6.13.